The van der Waals surface area contributed by atoms with Crippen LogP contribution < -0.4 is 0 Å². The quantitative estimate of drug-likeness (QED) is 0.671. The van der Waals surface area contributed by atoms with Crippen LogP contribution in [0.3, 0.4) is 0 Å². The predicted octanol–water partition coefficient (Wildman–Crippen LogP) is 5.19. The maximum Gasteiger partial charge on any atom is 0.152 e. The van der Waals surface area contributed by atoms with Gasteiger partial charge in [0.15, 0.2) is 9.84 Å². The first kappa shape index (κ1) is 19.3. The Balaban J connectivity index is 1.46. The summed E-state index contributed by atoms with van der Waals surface area (Å²) in [5.74, 6) is 1.53. The van der Waals surface area contributed by atoms with Crippen LogP contribution in [-0.2, 0) is 16.3 Å². The minimum atomic E-state index is -2.89. The average molecular weight is 374 g/mol. The maximum atomic E-state index is 12.1. The lowest BCUT2D eigenvalue weighted by molar-refractivity contribution is 0.274. The first-order chi connectivity index (χ1) is 12.5. The van der Waals surface area contributed by atoms with Gasteiger partial charge in [0.1, 0.15) is 0 Å². The third-order valence-electron chi connectivity index (χ3n) is 5.95. The average Bonchev–Trinajstić information content (AvgIpc) is 2.63. The van der Waals surface area contributed by atoms with Crippen molar-refractivity contribution in [3.63, 3.8) is 0 Å². The lowest BCUT2D eigenvalue weighted by Crippen LogP contribution is -2.26. The van der Waals surface area contributed by atoms with E-state index in [0.717, 1.165) is 30.7 Å². The van der Waals surface area contributed by atoms with E-state index in [9.17, 15) is 8.42 Å². The number of aryl methyl sites for hydroxylation is 1. The lowest BCUT2D eigenvalue weighted by atomic mass is 9.80. The molecule has 1 aromatic heterocycles. The summed E-state index contributed by atoms with van der Waals surface area (Å²) in [7, 11) is -2.89. The fourth-order valence-electron chi connectivity index (χ4n) is 4.16. The molecule has 0 aliphatic heterocycles. The molecule has 0 amide bonds. The van der Waals surface area contributed by atoms with Gasteiger partial charge in [-0.1, -0.05) is 37.5 Å². The van der Waals surface area contributed by atoms with Crippen LogP contribution in [0.2, 0.25) is 0 Å². The molecule has 0 spiro atoms. The standard InChI is InChI=1S/C22H31NO2S/c1-17(2)26(24,25)16-19-12-10-18(11-13-19)6-5-7-20-14-15-23-22-9-4-3-8-21(20)22/h3-4,8-9,14-15,17-19H,5-7,10-13,16H2,1-2H3. The zero-order chi connectivity index (χ0) is 18.6. The molecule has 3 nitrogen and oxygen atoms in total. The second-order valence-corrected chi connectivity index (χ2v) is 10.7. The third-order valence-corrected chi connectivity index (χ3v) is 8.32. The Morgan fingerprint density at radius 1 is 1.04 bits per heavy atom. The molecule has 142 valence electrons. The zero-order valence-corrected chi connectivity index (χ0v) is 16.8. The van der Waals surface area contributed by atoms with Crippen molar-refractivity contribution in [3.8, 4) is 0 Å². The highest BCUT2D eigenvalue weighted by Crippen LogP contribution is 2.33. The molecule has 1 heterocycles. The summed E-state index contributed by atoms with van der Waals surface area (Å²) in [4.78, 5) is 4.44. The number of rotatable bonds is 7. The number of hydrogen-bond donors (Lipinski definition) is 0. The van der Waals surface area contributed by atoms with Gasteiger partial charge >= 0.3 is 0 Å². The van der Waals surface area contributed by atoms with Gasteiger partial charge in [0.05, 0.1) is 16.5 Å². The predicted molar refractivity (Wildman–Crippen MR) is 109 cm³/mol. The number of fused-ring (bicyclic) bond motifs is 1. The number of nitrogens with zero attached hydrogens (tertiary/aromatic N) is 1. The highest BCUT2D eigenvalue weighted by atomic mass is 32.2. The van der Waals surface area contributed by atoms with Crippen LogP contribution in [0.15, 0.2) is 36.5 Å². The Bertz CT molecular complexity index is 816. The van der Waals surface area contributed by atoms with Crippen molar-refractivity contribution in [3.05, 3.63) is 42.1 Å². The van der Waals surface area contributed by atoms with E-state index in [4.69, 9.17) is 0 Å². The Hall–Kier alpha value is -1.42. The van der Waals surface area contributed by atoms with Gasteiger partial charge in [-0.15, -0.1) is 0 Å². The Labute approximate surface area is 158 Å². The number of benzene rings is 1. The van der Waals surface area contributed by atoms with Crippen LogP contribution in [0.5, 0.6) is 0 Å². The van der Waals surface area contributed by atoms with Crippen LogP contribution >= 0.6 is 0 Å². The minimum Gasteiger partial charge on any atom is -0.256 e. The van der Waals surface area contributed by atoms with E-state index in [0.29, 0.717) is 11.7 Å². The first-order valence-corrected chi connectivity index (χ1v) is 11.7. The Morgan fingerprint density at radius 2 is 1.73 bits per heavy atom. The topological polar surface area (TPSA) is 47.0 Å². The fraction of sp³-hybridized carbons (Fsp3) is 0.591. The molecule has 1 fully saturated rings. The van der Waals surface area contributed by atoms with Gasteiger partial charge in [-0.05, 0) is 69.1 Å². The largest absolute Gasteiger partial charge is 0.256 e. The SMILES string of the molecule is CC(C)S(=O)(=O)CC1CCC(CCCc2ccnc3ccccc23)CC1. The van der Waals surface area contributed by atoms with E-state index in [-0.39, 0.29) is 5.25 Å². The van der Waals surface area contributed by atoms with Gasteiger partial charge in [-0.3, -0.25) is 4.98 Å². The maximum absolute atomic E-state index is 12.1. The van der Waals surface area contributed by atoms with Crippen molar-refractivity contribution in [2.45, 2.75) is 64.0 Å². The van der Waals surface area contributed by atoms with Crippen molar-refractivity contribution in [2.75, 3.05) is 5.75 Å². The van der Waals surface area contributed by atoms with Gasteiger partial charge in [-0.25, -0.2) is 8.42 Å². The molecule has 0 atom stereocenters. The Kier molecular flexibility index (Phi) is 6.33. The van der Waals surface area contributed by atoms with Crippen molar-refractivity contribution in [2.24, 2.45) is 11.8 Å². The molecule has 3 rings (SSSR count). The molecule has 0 unspecified atom stereocenters. The molecular weight excluding hydrogens is 342 g/mol. The van der Waals surface area contributed by atoms with Crippen LogP contribution in [-0.4, -0.2) is 24.4 Å². The second kappa shape index (κ2) is 8.51. The zero-order valence-electron chi connectivity index (χ0n) is 16.0. The number of hydrogen-bond acceptors (Lipinski definition) is 3. The monoisotopic (exact) mass is 373 g/mol. The molecule has 0 N–H and O–H groups in total. The Morgan fingerprint density at radius 3 is 2.46 bits per heavy atom. The molecule has 1 aliphatic carbocycles. The summed E-state index contributed by atoms with van der Waals surface area (Å²) >= 11 is 0. The summed E-state index contributed by atoms with van der Waals surface area (Å²) in [6.45, 7) is 3.59. The second-order valence-electron chi connectivity index (χ2n) is 8.14. The molecule has 0 bridgehead atoms. The third kappa shape index (κ3) is 4.85. The lowest BCUT2D eigenvalue weighted by Gasteiger charge is -2.28. The molecule has 26 heavy (non-hydrogen) atoms. The first-order valence-electron chi connectivity index (χ1n) is 10.00. The number of sulfone groups is 1. The van der Waals surface area contributed by atoms with Crippen LogP contribution in [0.1, 0.15) is 57.9 Å². The number of aromatic nitrogens is 1. The van der Waals surface area contributed by atoms with Crippen molar-refractivity contribution in [1.82, 2.24) is 4.98 Å². The van der Waals surface area contributed by atoms with Gasteiger partial charge in [0.25, 0.3) is 0 Å². The fourth-order valence-corrected chi connectivity index (χ4v) is 5.54. The van der Waals surface area contributed by atoms with Crippen LogP contribution in [0.4, 0.5) is 0 Å². The summed E-state index contributed by atoms with van der Waals surface area (Å²) in [6, 6.07) is 10.5. The van der Waals surface area contributed by atoms with Crippen molar-refractivity contribution >= 4 is 20.7 Å². The van der Waals surface area contributed by atoms with Crippen LogP contribution in [0, 0.1) is 11.8 Å². The van der Waals surface area contributed by atoms with E-state index >= 15 is 0 Å². The van der Waals surface area contributed by atoms with E-state index in [1.807, 2.05) is 12.3 Å². The molecule has 0 radical (unpaired) electrons. The molecule has 2 aromatic rings. The van der Waals surface area contributed by atoms with Crippen molar-refractivity contribution < 1.29 is 8.42 Å². The summed E-state index contributed by atoms with van der Waals surface area (Å²) < 4.78 is 24.2. The van der Waals surface area contributed by atoms with Crippen LogP contribution in [0.25, 0.3) is 10.9 Å². The molecule has 1 aromatic carbocycles. The minimum absolute atomic E-state index is 0.240. The summed E-state index contributed by atoms with van der Waals surface area (Å²) in [6.07, 6.45) is 10.0. The van der Waals surface area contributed by atoms with E-state index in [1.165, 1.54) is 36.6 Å². The number of para-hydroxylation sites is 1. The smallest absolute Gasteiger partial charge is 0.152 e. The highest BCUT2D eigenvalue weighted by Gasteiger charge is 2.27. The molecule has 1 aliphatic rings. The van der Waals surface area contributed by atoms with Gasteiger partial charge in [0.2, 0.25) is 0 Å². The normalized spacial score (nSPS) is 21.3. The van der Waals surface area contributed by atoms with E-state index in [1.54, 1.807) is 13.8 Å². The van der Waals surface area contributed by atoms with Gasteiger partial charge < -0.3 is 0 Å². The van der Waals surface area contributed by atoms with E-state index in [2.05, 4.69) is 29.2 Å². The highest BCUT2D eigenvalue weighted by molar-refractivity contribution is 7.91. The van der Waals surface area contributed by atoms with Gasteiger partial charge in [0, 0.05) is 11.6 Å². The molecule has 1 saturated carbocycles. The number of pyridine rings is 1. The molecular formula is C22H31NO2S. The van der Waals surface area contributed by atoms with Crippen molar-refractivity contribution in [1.29, 1.82) is 0 Å². The van der Waals surface area contributed by atoms with Gasteiger partial charge in [-0.2, -0.15) is 0 Å². The summed E-state index contributed by atoms with van der Waals surface area (Å²) in [5.41, 5.74) is 2.48. The molecule has 0 saturated heterocycles. The van der Waals surface area contributed by atoms with E-state index < -0.39 is 9.84 Å². The molecule has 4 heteroatoms. The summed E-state index contributed by atoms with van der Waals surface area (Å²) in [5, 5.41) is 1.04.